The summed E-state index contributed by atoms with van der Waals surface area (Å²) in [5, 5.41) is 1.39. The maximum atomic E-state index is 5.44. The normalized spacial score (nSPS) is 12.8. The van der Waals surface area contributed by atoms with Crippen molar-refractivity contribution < 1.29 is 3.79 Å². The minimum atomic E-state index is 0.253. The summed E-state index contributed by atoms with van der Waals surface area (Å²) in [6, 6.07) is 0. The topological polar surface area (TPSA) is 9.23 Å². The summed E-state index contributed by atoms with van der Waals surface area (Å²) in [6.07, 6.45) is 1.80. The Morgan fingerprint density at radius 2 is 2.11 bits per heavy atom. The van der Waals surface area contributed by atoms with Crippen LogP contribution in [0.5, 0.6) is 0 Å². The van der Waals surface area contributed by atoms with Crippen molar-refractivity contribution in [1.82, 2.24) is 0 Å². The van der Waals surface area contributed by atoms with E-state index in [0.29, 0.717) is 21.3 Å². The second-order valence-corrected chi connectivity index (χ2v) is 4.31. The van der Waals surface area contributed by atoms with Crippen LogP contribution in [0.25, 0.3) is 0 Å². The van der Waals surface area contributed by atoms with Crippen LogP contribution < -0.4 is 0 Å². The van der Waals surface area contributed by atoms with Crippen molar-refractivity contribution in [2.75, 3.05) is 0 Å². The zero-order chi connectivity index (χ0) is 7.11. The summed E-state index contributed by atoms with van der Waals surface area (Å²) in [5.41, 5.74) is 0. The Kier molecular flexibility index (Phi) is 7.95. The van der Waals surface area contributed by atoms with Crippen molar-refractivity contribution in [2.45, 2.75) is 36.3 Å². The molecule has 0 aromatic carbocycles. The van der Waals surface area contributed by atoms with E-state index in [9.17, 15) is 0 Å². The van der Waals surface area contributed by atoms with Gasteiger partial charge in [0, 0.05) is 6.10 Å². The van der Waals surface area contributed by atoms with E-state index in [1.807, 2.05) is 0 Å². The van der Waals surface area contributed by atoms with Crippen LogP contribution >= 0.6 is 0 Å². The summed E-state index contributed by atoms with van der Waals surface area (Å²) in [7, 11) is 0. The Bertz CT molecular complexity index is 59.0. The molecule has 1 atom stereocenters. The minimum Gasteiger partial charge on any atom is -0.505 e. The van der Waals surface area contributed by atoms with Crippen LogP contribution in [-0.2, 0) is 3.79 Å². The molecule has 0 aliphatic rings. The first-order valence-corrected chi connectivity index (χ1v) is 7.12. The van der Waals surface area contributed by atoms with Crippen molar-refractivity contribution in [2.24, 2.45) is 0 Å². The van der Waals surface area contributed by atoms with Gasteiger partial charge in [-0.15, -0.1) is 11.1 Å². The summed E-state index contributed by atoms with van der Waals surface area (Å²) in [6.45, 7) is 2.17. The summed E-state index contributed by atoms with van der Waals surface area (Å²) in [5.74, 6) is 4.43. The molecule has 9 heavy (non-hydrogen) atoms. The van der Waals surface area contributed by atoms with Gasteiger partial charge in [-0.05, 0) is 13.3 Å². The van der Waals surface area contributed by atoms with Crippen molar-refractivity contribution in [3.8, 4) is 0 Å². The lowest BCUT2D eigenvalue weighted by molar-refractivity contribution is 0.231. The molecule has 0 aliphatic heterocycles. The van der Waals surface area contributed by atoms with Crippen LogP contribution in [0.1, 0.15) is 13.3 Å². The smallest absolute Gasteiger partial charge is 0.419 e. The standard InChI is InChI=1S/C4H8O.2CH3.2Al/c1-3-4(2)5;;;;/h4H,1,3H2,2H3;2*1H3;;/q-1;;;;+1. The Balaban J connectivity index is 2.95. The lowest BCUT2D eigenvalue weighted by Gasteiger charge is -2.10. The minimum absolute atomic E-state index is 0.253. The molecule has 1 unspecified atom stereocenters. The molecule has 0 N–H and O–H groups in total. The Labute approximate surface area is 70.9 Å². The Morgan fingerprint density at radius 1 is 1.44 bits per heavy atom. The maximum absolute atomic E-state index is 5.44. The molecule has 0 amide bonds. The molecule has 0 spiro atoms. The average molecular weight is 156 g/mol. The predicted octanol–water partition coefficient (Wildman–Crippen LogP) is 1.62. The van der Waals surface area contributed by atoms with Crippen LogP contribution in [-0.4, -0.2) is 36.9 Å². The van der Waals surface area contributed by atoms with Crippen molar-refractivity contribution in [3.63, 3.8) is 0 Å². The first kappa shape index (κ1) is 10.0. The molecule has 0 heterocycles. The monoisotopic (exact) mass is 156 g/mol. The van der Waals surface area contributed by atoms with Gasteiger partial charge in [0.1, 0.15) is 0 Å². The Morgan fingerprint density at radius 3 is 2.56 bits per heavy atom. The maximum Gasteiger partial charge on any atom is 0.419 e. The van der Waals surface area contributed by atoms with Gasteiger partial charge in [0.15, 0.2) is 15.2 Å². The van der Waals surface area contributed by atoms with E-state index >= 15 is 0 Å². The first-order valence-electron chi connectivity index (χ1n) is 3.52. The molecular weight excluding hydrogens is 142 g/mol. The zero-order valence-electron chi connectivity index (χ0n) is 6.55. The van der Waals surface area contributed by atoms with Crippen LogP contribution in [0.15, 0.2) is 0 Å². The van der Waals surface area contributed by atoms with Gasteiger partial charge < -0.3 is 3.79 Å². The highest BCUT2D eigenvalue weighted by atomic mass is 27.1. The van der Waals surface area contributed by atoms with Crippen LogP contribution in [0.3, 0.4) is 0 Å². The number of hydrogen-bond acceptors (Lipinski definition) is 1. The summed E-state index contributed by atoms with van der Waals surface area (Å²) in [4.78, 5) is 0. The molecule has 1 nitrogen and oxygen atoms in total. The van der Waals surface area contributed by atoms with E-state index in [2.05, 4.69) is 18.5 Å². The lowest BCUT2D eigenvalue weighted by atomic mass is 10.3. The number of rotatable bonds is 5. The molecule has 50 valence electrons. The molecule has 2 radical (unpaired) electrons. The van der Waals surface area contributed by atoms with Gasteiger partial charge in [0.2, 0.25) is 0 Å². The van der Waals surface area contributed by atoms with Crippen LogP contribution in [0.4, 0.5) is 0 Å². The molecule has 0 aliphatic carbocycles. The molecular formula is C6H14Al2O. The molecule has 3 heteroatoms. The highest BCUT2D eigenvalue weighted by Gasteiger charge is 1.98. The first-order chi connectivity index (χ1) is 4.31. The highest BCUT2D eigenvalue weighted by Crippen LogP contribution is 1.99. The average Bonchev–Trinajstić information content (AvgIpc) is 1.85. The van der Waals surface area contributed by atoms with E-state index in [0.717, 1.165) is 0 Å². The summed E-state index contributed by atoms with van der Waals surface area (Å²) < 4.78 is 5.44. The third-order valence-electron chi connectivity index (χ3n) is 1.23. The molecule has 0 rings (SSSR count). The number of hydrogen-bond donors (Lipinski definition) is 0. The fourth-order valence-electron chi connectivity index (χ4n) is 0.702. The van der Waals surface area contributed by atoms with Crippen molar-refractivity contribution >= 4 is 30.8 Å². The molecule has 0 bridgehead atoms. The third-order valence-corrected chi connectivity index (χ3v) is 2.88. The quantitative estimate of drug-likeness (QED) is 0.549. The van der Waals surface area contributed by atoms with Gasteiger partial charge in [0.25, 0.3) is 0 Å². The zero-order valence-corrected chi connectivity index (χ0v) is 8.86. The van der Waals surface area contributed by atoms with E-state index in [1.165, 1.54) is 11.7 Å². The Hall–Kier alpha value is 1.02. The third kappa shape index (κ3) is 6.92. The van der Waals surface area contributed by atoms with Crippen molar-refractivity contribution in [1.29, 1.82) is 0 Å². The van der Waals surface area contributed by atoms with Gasteiger partial charge in [0.05, 0.1) is 0 Å². The van der Waals surface area contributed by atoms with E-state index in [1.54, 1.807) is 0 Å². The lowest BCUT2D eigenvalue weighted by Crippen LogP contribution is -2.09. The molecule has 0 aromatic heterocycles. The van der Waals surface area contributed by atoms with E-state index in [4.69, 9.17) is 3.79 Å². The van der Waals surface area contributed by atoms with Gasteiger partial charge in [-0.1, -0.05) is 5.79 Å². The van der Waals surface area contributed by atoms with E-state index in [-0.39, 0.29) is 15.6 Å². The summed E-state index contributed by atoms with van der Waals surface area (Å²) >= 11 is 0.937. The van der Waals surface area contributed by atoms with Gasteiger partial charge in [-0.25, -0.2) is 0 Å². The highest BCUT2D eigenvalue weighted by molar-refractivity contribution is 6.33. The molecule has 0 saturated heterocycles. The van der Waals surface area contributed by atoms with Gasteiger partial charge in [-0.3, -0.25) is 0 Å². The molecule has 0 aromatic rings. The largest absolute Gasteiger partial charge is 0.505 e. The molecule has 0 fully saturated rings. The predicted molar refractivity (Wildman–Crippen MR) is 43.2 cm³/mol. The SMILES string of the molecule is [CH3][Al][CH2]CC(C)[O][Al][CH3]. The fourth-order valence-corrected chi connectivity index (χ4v) is 2.11. The second kappa shape index (κ2) is 7.14. The van der Waals surface area contributed by atoms with E-state index < -0.39 is 0 Å². The van der Waals surface area contributed by atoms with Gasteiger partial charge >= 0.3 is 15.6 Å². The van der Waals surface area contributed by atoms with Crippen LogP contribution in [0.2, 0.25) is 16.9 Å². The van der Waals surface area contributed by atoms with Gasteiger partial charge in [-0.2, -0.15) is 0 Å². The fraction of sp³-hybridized carbons (Fsp3) is 1.00. The van der Waals surface area contributed by atoms with Crippen molar-refractivity contribution in [3.05, 3.63) is 0 Å². The molecule has 0 saturated carbocycles. The second-order valence-electron chi connectivity index (χ2n) is 2.17. The van der Waals surface area contributed by atoms with Crippen LogP contribution in [0, 0.1) is 0 Å².